The summed E-state index contributed by atoms with van der Waals surface area (Å²) < 4.78 is 11.7. The van der Waals surface area contributed by atoms with Crippen LogP contribution in [-0.2, 0) is 13.1 Å². The van der Waals surface area contributed by atoms with Gasteiger partial charge in [0.15, 0.2) is 11.5 Å². The second-order valence-electron chi connectivity index (χ2n) is 5.29. The third-order valence-corrected chi connectivity index (χ3v) is 4.12. The fourth-order valence-electron chi connectivity index (χ4n) is 2.33. The van der Waals surface area contributed by atoms with Gasteiger partial charge in [-0.15, -0.1) is 0 Å². The lowest BCUT2D eigenvalue weighted by molar-refractivity contribution is 0.206. The second-order valence-corrected chi connectivity index (χ2v) is 6.21. The molecule has 0 aliphatic rings. The molecule has 0 aliphatic heterocycles. The molecule has 0 saturated heterocycles. The number of methoxy groups -OCH3 is 2. The molecular formula is C18H21BrN2O3. The number of amides is 2. The van der Waals surface area contributed by atoms with Crippen LogP contribution >= 0.6 is 15.9 Å². The van der Waals surface area contributed by atoms with Crippen LogP contribution in [0, 0.1) is 0 Å². The lowest BCUT2D eigenvalue weighted by Gasteiger charge is -2.19. The zero-order valence-corrected chi connectivity index (χ0v) is 15.6. The predicted octanol–water partition coefficient (Wildman–Crippen LogP) is 3.81. The summed E-state index contributed by atoms with van der Waals surface area (Å²) in [5.74, 6) is 1.28. The number of nitrogens with one attached hydrogen (secondary N) is 1. The first-order chi connectivity index (χ1) is 11.5. The highest BCUT2D eigenvalue weighted by atomic mass is 79.9. The molecule has 0 bridgehead atoms. The minimum Gasteiger partial charge on any atom is -0.493 e. The van der Waals surface area contributed by atoms with Gasteiger partial charge in [-0.3, -0.25) is 0 Å². The number of urea groups is 1. The molecule has 2 aromatic carbocycles. The van der Waals surface area contributed by atoms with Gasteiger partial charge in [0.1, 0.15) is 0 Å². The first-order valence-corrected chi connectivity index (χ1v) is 8.27. The normalized spacial score (nSPS) is 10.2. The number of nitrogens with zero attached hydrogens (tertiary/aromatic N) is 1. The van der Waals surface area contributed by atoms with E-state index in [1.54, 1.807) is 26.2 Å². The number of para-hydroxylation sites is 1. The smallest absolute Gasteiger partial charge is 0.317 e. The summed E-state index contributed by atoms with van der Waals surface area (Å²) >= 11 is 3.40. The van der Waals surface area contributed by atoms with Crippen LogP contribution in [0.25, 0.3) is 0 Å². The van der Waals surface area contributed by atoms with Gasteiger partial charge in [0.05, 0.1) is 14.2 Å². The predicted molar refractivity (Wildman–Crippen MR) is 97.4 cm³/mol. The van der Waals surface area contributed by atoms with Gasteiger partial charge in [0, 0.05) is 30.2 Å². The SMILES string of the molecule is COc1cccc(CNC(=O)N(C)Cc2ccc(Br)cc2)c1OC. The average Bonchev–Trinajstić information content (AvgIpc) is 2.60. The van der Waals surface area contributed by atoms with Crippen LogP contribution in [0.15, 0.2) is 46.9 Å². The molecule has 6 heteroatoms. The third kappa shape index (κ3) is 4.64. The molecule has 0 aliphatic carbocycles. The summed E-state index contributed by atoms with van der Waals surface area (Å²) in [5, 5.41) is 2.90. The maximum absolute atomic E-state index is 12.3. The number of benzene rings is 2. The lowest BCUT2D eigenvalue weighted by atomic mass is 10.2. The number of carbonyl (C=O) groups is 1. The zero-order chi connectivity index (χ0) is 17.5. The van der Waals surface area contributed by atoms with E-state index in [-0.39, 0.29) is 6.03 Å². The Morgan fingerprint density at radius 1 is 1.12 bits per heavy atom. The van der Waals surface area contributed by atoms with Crippen molar-refractivity contribution < 1.29 is 14.3 Å². The maximum atomic E-state index is 12.3. The van der Waals surface area contributed by atoms with Crippen molar-refractivity contribution in [1.29, 1.82) is 0 Å². The van der Waals surface area contributed by atoms with E-state index >= 15 is 0 Å². The van der Waals surface area contributed by atoms with Gasteiger partial charge in [-0.1, -0.05) is 40.2 Å². The molecule has 2 rings (SSSR count). The summed E-state index contributed by atoms with van der Waals surface area (Å²) in [4.78, 5) is 13.9. The van der Waals surface area contributed by atoms with Crippen LogP contribution in [-0.4, -0.2) is 32.2 Å². The van der Waals surface area contributed by atoms with Gasteiger partial charge in [-0.25, -0.2) is 4.79 Å². The molecule has 0 saturated carbocycles. The van der Waals surface area contributed by atoms with E-state index in [4.69, 9.17) is 9.47 Å². The molecule has 0 spiro atoms. The molecule has 0 unspecified atom stereocenters. The highest BCUT2D eigenvalue weighted by molar-refractivity contribution is 9.10. The van der Waals surface area contributed by atoms with Crippen molar-refractivity contribution in [3.05, 3.63) is 58.1 Å². The molecular weight excluding hydrogens is 372 g/mol. The lowest BCUT2D eigenvalue weighted by Crippen LogP contribution is -2.36. The molecule has 5 nitrogen and oxygen atoms in total. The standard InChI is InChI=1S/C18H21BrN2O3/c1-21(12-13-7-9-15(19)10-8-13)18(22)20-11-14-5-4-6-16(23-2)17(14)24-3/h4-10H,11-12H2,1-3H3,(H,20,22). The van der Waals surface area contributed by atoms with Crippen LogP contribution < -0.4 is 14.8 Å². The summed E-state index contributed by atoms with van der Waals surface area (Å²) in [6, 6.07) is 13.3. The van der Waals surface area contributed by atoms with Gasteiger partial charge >= 0.3 is 6.03 Å². The van der Waals surface area contributed by atoms with E-state index in [9.17, 15) is 4.79 Å². The minimum atomic E-state index is -0.150. The van der Waals surface area contributed by atoms with Crippen LogP contribution in [0.4, 0.5) is 4.79 Å². The number of hydrogen-bond acceptors (Lipinski definition) is 3. The van der Waals surface area contributed by atoms with E-state index < -0.39 is 0 Å². The fraction of sp³-hybridized carbons (Fsp3) is 0.278. The van der Waals surface area contributed by atoms with Crippen molar-refractivity contribution in [2.24, 2.45) is 0 Å². The molecule has 0 aromatic heterocycles. The van der Waals surface area contributed by atoms with Crippen LogP contribution in [0.2, 0.25) is 0 Å². The largest absolute Gasteiger partial charge is 0.493 e. The quantitative estimate of drug-likeness (QED) is 0.812. The Kier molecular flexibility index (Phi) is 6.49. The second kappa shape index (κ2) is 8.59. The number of carbonyl (C=O) groups excluding carboxylic acids is 1. The van der Waals surface area contributed by atoms with Crippen LogP contribution in [0.1, 0.15) is 11.1 Å². The van der Waals surface area contributed by atoms with E-state index in [0.29, 0.717) is 24.6 Å². The van der Waals surface area contributed by atoms with Crippen molar-refractivity contribution in [2.45, 2.75) is 13.1 Å². The topological polar surface area (TPSA) is 50.8 Å². The van der Waals surface area contributed by atoms with E-state index in [1.165, 1.54) is 0 Å². The monoisotopic (exact) mass is 392 g/mol. The van der Waals surface area contributed by atoms with Crippen molar-refractivity contribution in [3.8, 4) is 11.5 Å². The number of hydrogen-bond donors (Lipinski definition) is 1. The molecule has 0 fully saturated rings. The average molecular weight is 393 g/mol. The van der Waals surface area contributed by atoms with Gasteiger partial charge in [0.2, 0.25) is 0 Å². The Labute approximate surface area is 150 Å². The van der Waals surface area contributed by atoms with Crippen LogP contribution in [0.5, 0.6) is 11.5 Å². The van der Waals surface area contributed by atoms with Gasteiger partial charge < -0.3 is 19.7 Å². The van der Waals surface area contributed by atoms with Crippen molar-refractivity contribution >= 4 is 22.0 Å². The van der Waals surface area contributed by atoms with Crippen LogP contribution in [0.3, 0.4) is 0 Å². The Bertz CT molecular complexity index is 689. The summed E-state index contributed by atoms with van der Waals surface area (Å²) in [6.07, 6.45) is 0. The number of rotatable bonds is 6. The first-order valence-electron chi connectivity index (χ1n) is 7.48. The van der Waals surface area contributed by atoms with Gasteiger partial charge in [-0.2, -0.15) is 0 Å². The molecule has 0 radical (unpaired) electrons. The van der Waals surface area contributed by atoms with Gasteiger partial charge in [-0.05, 0) is 23.8 Å². The zero-order valence-electron chi connectivity index (χ0n) is 14.0. The van der Waals surface area contributed by atoms with E-state index in [2.05, 4.69) is 21.2 Å². The van der Waals surface area contributed by atoms with E-state index in [0.717, 1.165) is 15.6 Å². The summed E-state index contributed by atoms with van der Waals surface area (Å²) in [6.45, 7) is 0.901. The van der Waals surface area contributed by atoms with Crippen molar-refractivity contribution in [3.63, 3.8) is 0 Å². The maximum Gasteiger partial charge on any atom is 0.317 e. The Balaban J connectivity index is 1.96. The Morgan fingerprint density at radius 3 is 2.46 bits per heavy atom. The highest BCUT2D eigenvalue weighted by Gasteiger charge is 2.13. The molecule has 2 amide bonds. The highest BCUT2D eigenvalue weighted by Crippen LogP contribution is 2.30. The molecule has 128 valence electrons. The third-order valence-electron chi connectivity index (χ3n) is 3.59. The summed E-state index contributed by atoms with van der Waals surface area (Å²) in [7, 11) is 4.94. The molecule has 24 heavy (non-hydrogen) atoms. The number of halogens is 1. The molecule has 0 atom stereocenters. The summed E-state index contributed by atoms with van der Waals surface area (Å²) in [5.41, 5.74) is 1.93. The first kappa shape index (κ1) is 18.1. The van der Waals surface area contributed by atoms with Gasteiger partial charge in [0.25, 0.3) is 0 Å². The Hall–Kier alpha value is -2.21. The fourth-order valence-corrected chi connectivity index (χ4v) is 2.60. The van der Waals surface area contributed by atoms with Crippen molar-refractivity contribution in [2.75, 3.05) is 21.3 Å². The molecule has 0 heterocycles. The number of ether oxygens (including phenoxy) is 2. The Morgan fingerprint density at radius 2 is 1.83 bits per heavy atom. The molecule has 1 N–H and O–H groups in total. The van der Waals surface area contributed by atoms with Crippen molar-refractivity contribution in [1.82, 2.24) is 10.2 Å². The molecule has 2 aromatic rings. The van der Waals surface area contributed by atoms with E-state index in [1.807, 2.05) is 42.5 Å². The minimum absolute atomic E-state index is 0.150.